The van der Waals surface area contributed by atoms with E-state index in [-0.39, 0.29) is 28.7 Å². The summed E-state index contributed by atoms with van der Waals surface area (Å²) in [6, 6.07) is 6.99. The van der Waals surface area contributed by atoms with Gasteiger partial charge in [0.2, 0.25) is 0 Å². The zero-order chi connectivity index (χ0) is 25.7. The number of hydrogen-bond acceptors (Lipinski definition) is 4. The Balaban J connectivity index is 1.48. The van der Waals surface area contributed by atoms with Gasteiger partial charge in [0, 0.05) is 6.04 Å². The van der Waals surface area contributed by atoms with Crippen molar-refractivity contribution in [2.24, 2.45) is 11.8 Å². The number of carboxylic acid groups (broad SMARTS) is 1. The third-order valence-corrected chi connectivity index (χ3v) is 9.82. The van der Waals surface area contributed by atoms with Crippen molar-refractivity contribution >= 4 is 23.2 Å². The van der Waals surface area contributed by atoms with Crippen LogP contribution in [0, 0.1) is 11.8 Å². The quantitative estimate of drug-likeness (QED) is 0.427. The molecule has 0 spiro atoms. The minimum Gasteiger partial charge on any atom is -0.481 e. The average molecular weight is 509 g/mol. The molecule has 0 saturated heterocycles. The molecule has 6 heteroatoms. The molecule has 5 nitrogen and oxygen atoms in total. The van der Waals surface area contributed by atoms with Crippen molar-refractivity contribution in [1.82, 2.24) is 10.3 Å². The SMILES string of the molecule is CC(C)(C)c1cc(-c2sc(C(=O)NC3CC(C(=O)O)C3)nc2CC2CCCCC2)cc(C2(C)CC2)c1. The van der Waals surface area contributed by atoms with Crippen molar-refractivity contribution in [3.05, 3.63) is 40.0 Å². The van der Waals surface area contributed by atoms with Crippen LogP contribution in [0.4, 0.5) is 0 Å². The summed E-state index contributed by atoms with van der Waals surface area (Å²) in [6.45, 7) is 9.16. The third kappa shape index (κ3) is 5.39. The number of amides is 1. The summed E-state index contributed by atoms with van der Waals surface area (Å²) >= 11 is 1.51. The Morgan fingerprint density at radius 2 is 1.81 bits per heavy atom. The van der Waals surface area contributed by atoms with Gasteiger partial charge < -0.3 is 10.4 Å². The topological polar surface area (TPSA) is 79.3 Å². The molecule has 0 bridgehead atoms. The summed E-state index contributed by atoms with van der Waals surface area (Å²) in [6.07, 6.45) is 10.8. The summed E-state index contributed by atoms with van der Waals surface area (Å²) in [5, 5.41) is 12.7. The summed E-state index contributed by atoms with van der Waals surface area (Å²) in [7, 11) is 0. The molecule has 3 saturated carbocycles. The second-order valence-corrected chi connectivity index (χ2v) is 13.8. The monoisotopic (exact) mass is 508 g/mol. The van der Waals surface area contributed by atoms with E-state index in [4.69, 9.17) is 10.1 Å². The number of hydrogen-bond donors (Lipinski definition) is 2. The second kappa shape index (κ2) is 9.59. The fraction of sp³-hybridized carbons (Fsp3) is 0.633. The molecule has 0 aliphatic heterocycles. The van der Waals surface area contributed by atoms with E-state index in [1.54, 1.807) is 0 Å². The van der Waals surface area contributed by atoms with Gasteiger partial charge in [-0.2, -0.15) is 0 Å². The highest BCUT2D eigenvalue weighted by molar-refractivity contribution is 7.17. The number of carbonyl (C=O) groups is 2. The largest absolute Gasteiger partial charge is 0.481 e. The van der Waals surface area contributed by atoms with Gasteiger partial charge >= 0.3 is 5.97 Å². The zero-order valence-electron chi connectivity index (χ0n) is 22.2. The van der Waals surface area contributed by atoms with E-state index in [0.29, 0.717) is 23.8 Å². The Kier molecular flexibility index (Phi) is 6.78. The minimum atomic E-state index is -0.773. The number of thiazole rings is 1. The smallest absolute Gasteiger partial charge is 0.306 e. The molecule has 3 fully saturated rings. The first-order chi connectivity index (χ1) is 17.0. The van der Waals surface area contributed by atoms with E-state index < -0.39 is 5.97 Å². The van der Waals surface area contributed by atoms with Crippen molar-refractivity contribution in [3.8, 4) is 10.4 Å². The number of carbonyl (C=O) groups excluding carboxylic acids is 1. The molecule has 194 valence electrons. The first-order valence-corrected chi connectivity index (χ1v) is 14.5. The van der Waals surface area contributed by atoms with Gasteiger partial charge in [0.1, 0.15) is 0 Å². The van der Waals surface area contributed by atoms with E-state index in [9.17, 15) is 9.59 Å². The summed E-state index contributed by atoms with van der Waals surface area (Å²) in [4.78, 5) is 30.4. The van der Waals surface area contributed by atoms with Crippen LogP contribution in [0.5, 0.6) is 0 Å². The van der Waals surface area contributed by atoms with Crippen LogP contribution in [0.2, 0.25) is 0 Å². The fourth-order valence-corrected chi connectivity index (χ4v) is 6.66. The molecule has 3 aliphatic rings. The molecule has 2 N–H and O–H groups in total. The molecule has 2 aromatic rings. The number of benzene rings is 1. The maximum absolute atomic E-state index is 13.2. The Morgan fingerprint density at radius 1 is 1.11 bits per heavy atom. The lowest BCUT2D eigenvalue weighted by Crippen LogP contribution is -2.46. The maximum atomic E-state index is 13.2. The number of aliphatic carboxylic acids is 1. The minimum absolute atomic E-state index is 0.0370. The van der Waals surface area contributed by atoms with Crippen molar-refractivity contribution in [2.75, 3.05) is 0 Å². The average Bonchev–Trinajstić information content (AvgIpc) is 3.42. The predicted molar refractivity (Wildman–Crippen MR) is 145 cm³/mol. The lowest BCUT2D eigenvalue weighted by atomic mass is 9.80. The number of rotatable bonds is 7. The maximum Gasteiger partial charge on any atom is 0.306 e. The van der Waals surface area contributed by atoms with Crippen LogP contribution >= 0.6 is 11.3 Å². The van der Waals surface area contributed by atoms with E-state index in [1.165, 1.54) is 73.0 Å². The van der Waals surface area contributed by atoms with Crippen molar-refractivity contribution < 1.29 is 14.7 Å². The first kappa shape index (κ1) is 25.4. The number of aromatic nitrogens is 1. The van der Waals surface area contributed by atoms with Crippen molar-refractivity contribution in [2.45, 2.75) is 109 Å². The molecule has 3 aliphatic carbocycles. The van der Waals surface area contributed by atoms with Crippen LogP contribution in [0.15, 0.2) is 18.2 Å². The van der Waals surface area contributed by atoms with Crippen molar-refractivity contribution in [1.29, 1.82) is 0 Å². The highest BCUT2D eigenvalue weighted by atomic mass is 32.1. The van der Waals surface area contributed by atoms with Crippen LogP contribution < -0.4 is 5.32 Å². The Hall–Kier alpha value is -2.21. The predicted octanol–water partition coefficient (Wildman–Crippen LogP) is 6.87. The van der Waals surface area contributed by atoms with Gasteiger partial charge in [-0.15, -0.1) is 11.3 Å². The first-order valence-electron chi connectivity index (χ1n) is 13.7. The molecule has 1 aromatic heterocycles. The molecule has 36 heavy (non-hydrogen) atoms. The Labute approximate surface area is 219 Å². The van der Waals surface area contributed by atoms with Gasteiger partial charge in [0.25, 0.3) is 5.91 Å². The summed E-state index contributed by atoms with van der Waals surface area (Å²) in [5.74, 6) is -0.645. The fourth-order valence-electron chi connectivity index (χ4n) is 5.68. The van der Waals surface area contributed by atoms with Crippen LogP contribution in [-0.2, 0) is 22.0 Å². The van der Waals surface area contributed by atoms with Gasteiger partial charge in [0.15, 0.2) is 5.01 Å². The third-order valence-electron chi connectivity index (χ3n) is 8.68. The molecular weight excluding hydrogens is 468 g/mol. The van der Waals surface area contributed by atoms with Gasteiger partial charge in [0.05, 0.1) is 16.5 Å². The van der Waals surface area contributed by atoms with Crippen LogP contribution in [0.1, 0.15) is 112 Å². The highest BCUT2D eigenvalue weighted by Gasteiger charge is 2.40. The molecular formula is C30H40N2O3S. The van der Waals surface area contributed by atoms with Crippen molar-refractivity contribution in [3.63, 3.8) is 0 Å². The van der Waals surface area contributed by atoms with E-state index in [0.717, 1.165) is 17.0 Å². The highest BCUT2D eigenvalue weighted by Crippen LogP contribution is 2.50. The van der Waals surface area contributed by atoms with Gasteiger partial charge in [-0.3, -0.25) is 9.59 Å². The molecule has 1 heterocycles. The molecule has 1 aromatic carbocycles. The van der Waals surface area contributed by atoms with Gasteiger partial charge in [-0.05, 0) is 77.7 Å². The molecule has 0 atom stereocenters. The summed E-state index contributed by atoms with van der Waals surface area (Å²) < 4.78 is 0. The lowest BCUT2D eigenvalue weighted by molar-refractivity contribution is -0.145. The second-order valence-electron chi connectivity index (χ2n) is 12.8. The molecule has 1 amide bonds. The standard InChI is InChI=1S/C30H40N2O3S/c1-29(2,3)21-13-19(14-22(17-21)30(4)10-11-30)25-24(12-18-8-6-5-7-9-18)32-27(36-25)26(33)31-23-15-20(16-23)28(34)35/h13-14,17-18,20,23H,5-12,15-16H2,1-4H3,(H,31,33)(H,34,35). The zero-order valence-corrected chi connectivity index (χ0v) is 23.0. The van der Waals surface area contributed by atoms with Gasteiger partial charge in [-0.25, -0.2) is 4.98 Å². The van der Waals surface area contributed by atoms with E-state index in [1.807, 2.05) is 0 Å². The molecule has 0 radical (unpaired) electrons. The van der Waals surface area contributed by atoms with Crippen LogP contribution in [0.25, 0.3) is 10.4 Å². The van der Waals surface area contributed by atoms with Gasteiger partial charge in [-0.1, -0.05) is 65.9 Å². The Morgan fingerprint density at radius 3 is 2.42 bits per heavy atom. The van der Waals surface area contributed by atoms with Crippen LogP contribution in [0.3, 0.4) is 0 Å². The number of nitrogens with one attached hydrogen (secondary N) is 1. The van der Waals surface area contributed by atoms with Crippen LogP contribution in [-0.4, -0.2) is 28.0 Å². The number of nitrogens with zero attached hydrogens (tertiary/aromatic N) is 1. The van der Waals surface area contributed by atoms with E-state index >= 15 is 0 Å². The Bertz CT molecular complexity index is 1120. The van der Waals surface area contributed by atoms with E-state index in [2.05, 4.69) is 51.2 Å². The number of carboxylic acids is 1. The molecule has 0 unspecified atom stereocenters. The summed E-state index contributed by atoms with van der Waals surface area (Å²) in [5.41, 5.74) is 5.29. The lowest BCUT2D eigenvalue weighted by Gasteiger charge is -2.32. The normalized spacial score (nSPS) is 23.7. The molecule has 5 rings (SSSR count).